The Kier molecular flexibility index (Phi) is 6.64. The van der Waals surface area contributed by atoms with Crippen molar-refractivity contribution < 1.29 is 22.3 Å². The van der Waals surface area contributed by atoms with Crippen molar-refractivity contribution in [3.05, 3.63) is 53.8 Å². The number of sulfonamides is 1. The predicted octanol–water partition coefficient (Wildman–Crippen LogP) is 2.81. The summed E-state index contributed by atoms with van der Waals surface area (Å²) in [5.41, 5.74) is -1.26. The lowest BCUT2D eigenvalue weighted by Crippen LogP contribution is -2.57. The third kappa shape index (κ3) is 5.08. The summed E-state index contributed by atoms with van der Waals surface area (Å²) in [6, 6.07) is 8.66. The van der Waals surface area contributed by atoms with E-state index in [9.17, 15) is 17.6 Å². The van der Waals surface area contributed by atoms with Gasteiger partial charge in [-0.2, -0.15) is 4.31 Å². The van der Waals surface area contributed by atoms with E-state index in [-0.39, 0.29) is 24.4 Å². The van der Waals surface area contributed by atoms with E-state index in [0.717, 1.165) is 4.31 Å². The Morgan fingerprint density at radius 3 is 2.60 bits per heavy atom. The highest BCUT2D eigenvalue weighted by molar-refractivity contribution is 7.89. The second-order valence-corrected chi connectivity index (χ2v) is 9.88. The van der Waals surface area contributed by atoms with Gasteiger partial charge < -0.3 is 10.1 Å². The second kappa shape index (κ2) is 8.87. The number of hydrogen-bond acceptors (Lipinski definition) is 5. The van der Waals surface area contributed by atoms with Gasteiger partial charge in [-0.05, 0) is 56.7 Å². The lowest BCUT2D eigenvalue weighted by atomic mass is 10.0. The van der Waals surface area contributed by atoms with E-state index in [0.29, 0.717) is 10.8 Å². The third-order valence-corrected chi connectivity index (χ3v) is 6.93. The molecule has 0 bridgehead atoms. The SMILES string of the molecule is CC(C)(Oc1ccc(Cl)cc1)C(=O)N[C@@H]1CCN(S(=O)(=O)c2cccnc2)C[C@H]1F. The standard InChI is InChI=1S/C20H23ClFN3O4S/c1-20(2,29-15-7-5-14(21)6-8-15)19(26)24-18-9-11-25(13-17(18)22)30(27,28)16-4-3-10-23-12-16/h3-8,10,12,17-18H,9,11,13H2,1-2H3,(H,24,26)/t17-,18-/m1/s1. The molecule has 10 heteroatoms. The smallest absolute Gasteiger partial charge is 0.263 e. The highest BCUT2D eigenvalue weighted by Gasteiger charge is 2.39. The number of ether oxygens (including phenoxy) is 1. The first-order valence-electron chi connectivity index (χ1n) is 9.39. The number of alkyl halides is 1. The number of hydrogen-bond donors (Lipinski definition) is 1. The van der Waals surface area contributed by atoms with Crippen LogP contribution in [0.15, 0.2) is 53.7 Å². The Hall–Kier alpha value is -2.23. The summed E-state index contributed by atoms with van der Waals surface area (Å²) in [4.78, 5) is 16.5. The average Bonchev–Trinajstić information content (AvgIpc) is 2.71. The maximum absolute atomic E-state index is 14.8. The molecule has 2 atom stereocenters. The van der Waals surface area contributed by atoms with Crippen LogP contribution in [0.25, 0.3) is 0 Å². The van der Waals surface area contributed by atoms with Crippen molar-refractivity contribution in [3.8, 4) is 5.75 Å². The van der Waals surface area contributed by atoms with Gasteiger partial charge >= 0.3 is 0 Å². The van der Waals surface area contributed by atoms with Crippen LogP contribution in [-0.4, -0.2) is 54.5 Å². The highest BCUT2D eigenvalue weighted by Crippen LogP contribution is 2.24. The Morgan fingerprint density at radius 1 is 1.30 bits per heavy atom. The van der Waals surface area contributed by atoms with Crippen LogP contribution in [-0.2, 0) is 14.8 Å². The summed E-state index contributed by atoms with van der Waals surface area (Å²) in [7, 11) is -3.84. The molecule has 162 valence electrons. The molecule has 1 aromatic carbocycles. The van der Waals surface area contributed by atoms with Gasteiger partial charge in [0.1, 0.15) is 16.8 Å². The molecule has 7 nitrogen and oxygen atoms in total. The van der Waals surface area contributed by atoms with Crippen molar-refractivity contribution in [2.24, 2.45) is 0 Å². The normalized spacial score (nSPS) is 20.5. The molecule has 2 heterocycles. The van der Waals surface area contributed by atoms with E-state index in [1.54, 1.807) is 38.1 Å². The molecule has 1 N–H and O–H groups in total. The fourth-order valence-electron chi connectivity index (χ4n) is 3.09. The monoisotopic (exact) mass is 455 g/mol. The first-order valence-corrected chi connectivity index (χ1v) is 11.2. The van der Waals surface area contributed by atoms with Crippen LogP contribution in [0, 0.1) is 0 Å². The summed E-state index contributed by atoms with van der Waals surface area (Å²) in [6.07, 6.45) is 1.28. The zero-order chi connectivity index (χ0) is 21.9. The van der Waals surface area contributed by atoms with E-state index in [4.69, 9.17) is 16.3 Å². The first-order chi connectivity index (χ1) is 14.1. The van der Waals surface area contributed by atoms with Crippen LogP contribution in [0.3, 0.4) is 0 Å². The number of nitrogens with one attached hydrogen (secondary N) is 1. The number of nitrogens with zero attached hydrogens (tertiary/aromatic N) is 2. The predicted molar refractivity (Wildman–Crippen MR) is 111 cm³/mol. The van der Waals surface area contributed by atoms with Crippen LogP contribution in [0.1, 0.15) is 20.3 Å². The van der Waals surface area contributed by atoms with Crippen LogP contribution in [0.2, 0.25) is 5.02 Å². The molecule has 2 aromatic rings. The Morgan fingerprint density at radius 2 is 2.00 bits per heavy atom. The molecular weight excluding hydrogens is 433 g/mol. The minimum atomic E-state index is -3.84. The minimum absolute atomic E-state index is 0.0113. The van der Waals surface area contributed by atoms with Gasteiger partial charge in [0.05, 0.1) is 6.04 Å². The third-order valence-electron chi connectivity index (χ3n) is 4.83. The molecule has 0 radical (unpaired) electrons. The molecule has 0 aliphatic carbocycles. The maximum atomic E-state index is 14.8. The van der Waals surface area contributed by atoms with Crippen molar-refractivity contribution in [1.29, 1.82) is 0 Å². The molecule has 3 rings (SSSR count). The molecule has 1 aliphatic heterocycles. The van der Waals surface area contributed by atoms with Gasteiger partial charge in [0.2, 0.25) is 10.0 Å². The summed E-state index contributed by atoms with van der Waals surface area (Å²) in [5.74, 6) is -0.0394. The van der Waals surface area contributed by atoms with Crippen molar-refractivity contribution in [2.45, 2.75) is 43.0 Å². The Balaban J connectivity index is 1.61. The molecule has 1 aliphatic rings. The second-order valence-electron chi connectivity index (χ2n) is 7.50. The Bertz CT molecular complexity index is 987. The molecule has 0 spiro atoms. The van der Waals surface area contributed by atoms with Crippen molar-refractivity contribution in [2.75, 3.05) is 13.1 Å². The van der Waals surface area contributed by atoms with E-state index in [2.05, 4.69) is 10.3 Å². The zero-order valence-electron chi connectivity index (χ0n) is 16.6. The Labute approximate surface area is 180 Å². The molecule has 0 unspecified atom stereocenters. The quantitative estimate of drug-likeness (QED) is 0.723. The topological polar surface area (TPSA) is 88.6 Å². The van der Waals surface area contributed by atoms with Gasteiger partial charge in [0.15, 0.2) is 5.60 Å². The summed E-state index contributed by atoms with van der Waals surface area (Å²) in [6.45, 7) is 2.89. The number of rotatable bonds is 6. The molecule has 1 amide bonds. The number of benzene rings is 1. The number of piperidine rings is 1. The molecule has 1 aromatic heterocycles. The van der Waals surface area contributed by atoms with Gasteiger partial charge in [-0.1, -0.05) is 11.6 Å². The highest BCUT2D eigenvalue weighted by atomic mass is 35.5. The first kappa shape index (κ1) is 22.5. The van der Waals surface area contributed by atoms with Crippen LogP contribution >= 0.6 is 11.6 Å². The fourth-order valence-corrected chi connectivity index (χ4v) is 4.65. The molecule has 30 heavy (non-hydrogen) atoms. The van der Waals surface area contributed by atoms with E-state index in [1.807, 2.05) is 0 Å². The minimum Gasteiger partial charge on any atom is -0.478 e. The van der Waals surface area contributed by atoms with Crippen LogP contribution in [0.5, 0.6) is 5.75 Å². The van der Waals surface area contributed by atoms with E-state index in [1.165, 1.54) is 24.5 Å². The fraction of sp³-hybridized carbons (Fsp3) is 0.400. The molecular formula is C20H23ClFN3O4S. The summed E-state index contributed by atoms with van der Waals surface area (Å²) >= 11 is 5.85. The number of amides is 1. The van der Waals surface area contributed by atoms with Gasteiger partial charge in [-0.3, -0.25) is 9.78 Å². The van der Waals surface area contributed by atoms with Crippen molar-refractivity contribution >= 4 is 27.5 Å². The van der Waals surface area contributed by atoms with Gasteiger partial charge in [0.25, 0.3) is 5.91 Å². The number of halogens is 2. The van der Waals surface area contributed by atoms with Gasteiger partial charge in [-0.15, -0.1) is 0 Å². The summed E-state index contributed by atoms with van der Waals surface area (Å²) in [5, 5.41) is 3.19. The van der Waals surface area contributed by atoms with Crippen LogP contribution in [0.4, 0.5) is 4.39 Å². The van der Waals surface area contributed by atoms with Gasteiger partial charge in [0, 0.05) is 30.5 Å². The number of carbonyl (C=O) groups excluding carboxylic acids is 1. The number of pyridine rings is 1. The molecule has 1 saturated heterocycles. The average molecular weight is 456 g/mol. The van der Waals surface area contributed by atoms with E-state index < -0.39 is 33.7 Å². The largest absolute Gasteiger partial charge is 0.478 e. The van der Waals surface area contributed by atoms with Crippen molar-refractivity contribution in [1.82, 2.24) is 14.6 Å². The zero-order valence-corrected chi connectivity index (χ0v) is 18.2. The van der Waals surface area contributed by atoms with E-state index >= 15 is 0 Å². The lowest BCUT2D eigenvalue weighted by molar-refractivity contribution is -0.135. The van der Waals surface area contributed by atoms with Crippen molar-refractivity contribution in [3.63, 3.8) is 0 Å². The lowest BCUT2D eigenvalue weighted by Gasteiger charge is -2.36. The van der Waals surface area contributed by atoms with Crippen LogP contribution < -0.4 is 10.1 Å². The summed E-state index contributed by atoms with van der Waals surface area (Å²) < 4.78 is 46.9. The van der Waals surface area contributed by atoms with Gasteiger partial charge in [-0.25, -0.2) is 12.8 Å². The molecule has 1 fully saturated rings. The number of aromatic nitrogens is 1. The molecule has 0 saturated carbocycles. The maximum Gasteiger partial charge on any atom is 0.263 e. The number of carbonyl (C=O) groups is 1.